The summed E-state index contributed by atoms with van der Waals surface area (Å²) in [4.78, 5) is 0. The standard InChI is InChI=1S/C29H25BrN3.BrH/c30-23-16-14-22(15-17-23)20-32-21-31(28-12-5-6-13-29(28)32)18-7-19-33-26-10-3-1-8-24(26)25-9-2-4-11-27(25)33;/h1-6,8-17,21H,7,18-20H2;1H/q+1;/p-1. The Kier molecular flexibility index (Phi) is 6.57. The predicted molar refractivity (Wildman–Crippen MR) is 139 cm³/mol. The van der Waals surface area contributed by atoms with Gasteiger partial charge in [0.1, 0.15) is 6.54 Å². The number of fused-ring (bicyclic) bond motifs is 4. The predicted octanol–water partition coefficient (Wildman–Crippen LogP) is 3.94. The molecule has 0 aliphatic heterocycles. The fourth-order valence-electron chi connectivity index (χ4n) is 4.98. The third kappa shape index (κ3) is 4.19. The van der Waals surface area contributed by atoms with Gasteiger partial charge in [-0.2, -0.15) is 0 Å². The monoisotopic (exact) mass is 573 g/mol. The molecule has 5 heteroatoms. The Balaban J connectivity index is 0.00000241. The minimum atomic E-state index is 0. The van der Waals surface area contributed by atoms with Gasteiger partial charge in [-0.25, -0.2) is 9.13 Å². The van der Waals surface area contributed by atoms with Crippen molar-refractivity contribution in [3.05, 3.63) is 113 Å². The molecular weight excluding hydrogens is 550 g/mol. The van der Waals surface area contributed by atoms with E-state index in [-0.39, 0.29) is 17.0 Å². The number of nitrogens with zero attached hydrogens (tertiary/aromatic N) is 3. The van der Waals surface area contributed by atoms with Gasteiger partial charge in [-0.1, -0.05) is 76.6 Å². The lowest BCUT2D eigenvalue weighted by atomic mass is 10.2. The first-order valence-corrected chi connectivity index (χ1v) is 12.2. The van der Waals surface area contributed by atoms with Crippen LogP contribution in [-0.4, -0.2) is 9.13 Å². The van der Waals surface area contributed by atoms with E-state index in [1.54, 1.807) is 0 Å². The summed E-state index contributed by atoms with van der Waals surface area (Å²) < 4.78 is 8.36. The Labute approximate surface area is 218 Å². The summed E-state index contributed by atoms with van der Waals surface area (Å²) in [7, 11) is 0. The highest BCUT2D eigenvalue weighted by molar-refractivity contribution is 9.10. The van der Waals surface area contributed by atoms with E-state index >= 15 is 0 Å². The van der Waals surface area contributed by atoms with Crippen molar-refractivity contribution in [1.82, 2.24) is 9.13 Å². The maximum absolute atomic E-state index is 3.54. The highest BCUT2D eigenvalue weighted by atomic mass is 79.9. The van der Waals surface area contributed by atoms with Crippen molar-refractivity contribution >= 4 is 48.8 Å². The van der Waals surface area contributed by atoms with Crippen LogP contribution in [0.3, 0.4) is 0 Å². The Morgan fingerprint density at radius 3 is 1.91 bits per heavy atom. The number of aromatic nitrogens is 3. The van der Waals surface area contributed by atoms with Crippen molar-refractivity contribution in [2.75, 3.05) is 0 Å². The van der Waals surface area contributed by atoms with E-state index in [0.717, 1.165) is 30.5 Å². The first kappa shape index (κ1) is 22.9. The van der Waals surface area contributed by atoms with E-state index in [4.69, 9.17) is 0 Å². The molecule has 0 saturated heterocycles. The summed E-state index contributed by atoms with van der Waals surface area (Å²) in [5.74, 6) is 0. The zero-order valence-electron chi connectivity index (χ0n) is 18.7. The van der Waals surface area contributed by atoms with Crippen LogP contribution in [0.5, 0.6) is 0 Å². The van der Waals surface area contributed by atoms with Gasteiger partial charge < -0.3 is 21.5 Å². The van der Waals surface area contributed by atoms with Crippen molar-refractivity contribution in [3.8, 4) is 0 Å². The molecular formula is C29H25Br2N3. The van der Waals surface area contributed by atoms with E-state index in [1.165, 1.54) is 38.4 Å². The lowest BCUT2D eigenvalue weighted by molar-refractivity contribution is -0.663. The molecule has 0 aliphatic rings. The van der Waals surface area contributed by atoms with E-state index < -0.39 is 0 Å². The van der Waals surface area contributed by atoms with Crippen LogP contribution >= 0.6 is 15.9 Å². The number of para-hydroxylation sites is 4. The van der Waals surface area contributed by atoms with Gasteiger partial charge in [0.05, 0.1) is 6.54 Å². The maximum atomic E-state index is 3.54. The Morgan fingerprint density at radius 1 is 0.647 bits per heavy atom. The molecule has 0 radical (unpaired) electrons. The fourth-order valence-corrected chi connectivity index (χ4v) is 5.24. The van der Waals surface area contributed by atoms with Gasteiger partial charge in [0, 0.05) is 39.2 Å². The summed E-state index contributed by atoms with van der Waals surface area (Å²) >= 11 is 3.54. The minimum absolute atomic E-state index is 0. The number of hydrogen-bond acceptors (Lipinski definition) is 0. The molecule has 0 amide bonds. The minimum Gasteiger partial charge on any atom is -1.00 e. The molecule has 0 atom stereocenters. The van der Waals surface area contributed by atoms with Crippen molar-refractivity contribution < 1.29 is 21.5 Å². The van der Waals surface area contributed by atoms with E-state index in [0.29, 0.717) is 0 Å². The van der Waals surface area contributed by atoms with E-state index in [2.05, 4.69) is 133 Å². The molecule has 3 nitrogen and oxygen atoms in total. The molecule has 6 aromatic rings. The van der Waals surface area contributed by atoms with E-state index in [9.17, 15) is 0 Å². The van der Waals surface area contributed by atoms with Crippen molar-refractivity contribution in [3.63, 3.8) is 0 Å². The second-order valence-corrected chi connectivity index (χ2v) is 9.51. The molecule has 0 bridgehead atoms. The lowest BCUT2D eigenvalue weighted by Gasteiger charge is -2.06. The van der Waals surface area contributed by atoms with Gasteiger partial charge in [-0.15, -0.1) is 0 Å². The normalized spacial score (nSPS) is 11.3. The molecule has 34 heavy (non-hydrogen) atoms. The molecule has 0 unspecified atom stereocenters. The van der Waals surface area contributed by atoms with Gasteiger partial charge in [0.15, 0.2) is 11.0 Å². The van der Waals surface area contributed by atoms with Crippen molar-refractivity contribution in [2.45, 2.75) is 26.1 Å². The zero-order chi connectivity index (χ0) is 22.2. The number of aryl methyl sites for hydroxylation is 2. The van der Waals surface area contributed by atoms with Crippen LogP contribution in [0, 0.1) is 0 Å². The first-order valence-electron chi connectivity index (χ1n) is 11.5. The quantitative estimate of drug-likeness (QED) is 0.268. The SMILES string of the molecule is Brc1ccc(C[n+]2cn(CCCn3c4ccccc4c4ccccc43)c3ccccc32)cc1.[Br-]. The van der Waals surface area contributed by atoms with Crippen LogP contribution in [0.15, 0.2) is 108 Å². The van der Waals surface area contributed by atoms with Crippen LogP contribution in [-0.2, 0) is 19.6 Å². The molecule has 0 spiro atoms. The number of benzene rings is 4. The topological polar surface area (TPSA) is 13.7 Å². The molecule has 4 aromatic carbocycles. The summed E-state index contributed by atoms with van der Waals surface area (Å²) in [6.07, 6.45) is 3.35. The molecule has 0 fully saturated rings. The molecule has 6 rings (SSSR count). The summed E-state index contributed by atoms with van der Waals surface area (Å²) in [5, 5.41) is 2.68. The van der Waals surface area contributed by atoms with Crippen LogP contribution in [0.25, 0.3) is 32.8 Å². The van der Waals surface area contributed by atoms with Crippen LogP contribution in [0.1, 0.15) is 12.0 Å². The van der Waals surface area contributed by atoms with Crippen molar-refractivity contribution in [2.24, 2.45) is 0 Å². The average Bonchev–Trinajstić information content (AvgIpc) is 3.37. The van der Waals surface area contributed by atoms with Gasteiger partial charge >= 0.3 is 0 Å². The maximum Gasteiger partial charge on any atom is 0.245 e. The molecule has 0 saturated carbocycles. The van der Waals surface area contributed by atoms with Gasteiger partial charge in [-0.05, 0) is 42.0 Å². The van der Waals surface area contributed by atoms with E-state index in [1.807, 2.05) is 0 Å². The number of imidazole rings is 1. The zero-order valence-corrected chi connectivity index (χ0v) is 21.9. The Morgan fingerprint density at radius 2 is 1.24 bits per heavy atom. The number of halogens is 2. The highest BCUT2D eigenvalue weighted by Crippen LogP contribution is 2.29. The molecule has 170 valence electrons. The third-order valence-corrected chi connectivity index (χ3v) is 7.03. The average molecular weight is 575 g/mol. The molecule has 2 heterocycles. The summed E-state index contributed by atoms with van der Waals surface area (Å²) in [6, 6.07) is 34.8. The van der Waals surface area contributed by atoms with Gasteiger partial charge in [0.2, 0.25) is 6.33 Å². The third-order valence-electron chi connectivity index (χ3n) is 6.51. The smallest absolute Gasteiger partial charge is 0.245 e. The molecule has 0 N–H and O–H groups in total. The number of hydrogen-bond donors (Lipinski definition) is 0. The number of rotatable bonds is 6. The van der Waals surface area contributed by atoms with Gasteiger partial charge in [0.25, 0.3) is 0 Å². The molecule has 2 aromatic heterocycles. The highest BCUT2D eigenvalue weighted by Gasteiger charge is 2.16. The summed E-state index contributed by atoms with van der Waals surface area (Å²) in [5.41, 5.74) is 6.51. The van der Waals surface area contributed by atoms with Crippen LogP contribution < -0.4 is 21.5 Å². The second kappa shape index (κ2) is 9.77. The Hall–Kier alpha value is -2.89. The Bertz CT molecular complexity index is 1530. The van der Waals surface area contributed by atoms with Gasteiger partial charge in [-0.3, -0.25) is 0 Å². The van der Waals surface area contributed by atoms with Crippen molar-refractivity contribution in [1.29, 1.82) is 0 Å². The summed E-state index contributed by atoms with van der Waals surface area (Å²) in [6.45, 7) is 2.84. The molecule has 0 aliphatic carbocycles. The first-order chi connectivity index (χ1) is 16.3. The van der Waals surface area contributed by atoms with Crippen LogP contribution in [0.4, 0.5) is 0 Å². The lowest BCUT2D eigenvalue weighted by Crippen LogP contribution is -3.00. The van der Waals surface area contributed by atoms with Crippen LogP contribution in [0.2, 0.25) is 0 Å². The second-order valence-electron chi connectivity index (χ2n) is 8.59. The fraction of sp³-hybridized carbons (Fsp3) is 0.138. The largest absolute Gasteiger partial charge is 1.00 e.